The molecule has 1 fully saturated rings. The summed E-state index contributed by atoms with van der Waals surface area (Å²) in [5.74, 6) is 1.07. The van der Waals surface area contributed by atoms with Gasteiger partial charge in [-0.3, -0.25) is 5.41 Å². The molecule has 0 aromatic carbocycles. The van der Waals surface area contributed by atoms with E-state index in [0.29, 0.717) is 55.7 Å². The van der Waals surface area contributed by atoms with E-state index in [2.05, 4.69) is 29.6 Å². The number of rotatable bonds is 8. The van der Waals surface area contributed by atoms with Gasteiger partial charge in [-0.25, -0.2) is 28.5 Å². The van der Waals surface area contributed by atoms with E-state index >= 15 is 0 Å². The highest BCUT2D eigenvalue weighted by Crippen LogP contribution is 2.21. The fraction of sp³-hybridized carbons (Fsp3) is 0.375. The molecule has 28 heavy (non-hydrogen) atoms. The summed E-state index contributed by atoms with van der Waals surface area (Å²) in [7, 11) is 0. The van der Waals surface area contributed by atoms with Crippen LogP contribution in [-0.2, 0) is 4.74 Å². The van der Waals surface area contributed by atoms with Crippen molar-refractivity contribution in [3.8, 4) is 11.4 Å². The van der Waals surface area contributed by atoms with Crippen molar-refractivity contribution in [1.29, 1.82) is 5.41 Å². The fourth-order valence-electron chi connectivity index (χ4n) is 2.64. The molecule has 1 saturated heterocycles. The zero-order valence-corrected chi connectivity index (χ0v) is 15.5. The third-order valence-electron chi connectivity index (χ3n) is 4.02. The molecule has 4 N–H and O–H groups in total. The highest BCUT2D eigenvalue weighted by atomic mass is 32.2. The van der Waals surface area contributed by atoms with Crippen LogP contribution >= 0.6 is 12.2 Å². The predicted molar refractivity (Wildman–Crippen MR) is 103 cm³/mol. The second-order valence-corrected chi connectivity index (χ2v) is 6.38. The molecule has 0 spiro atoms. The minimum Gasteiger partial charge on any atom is -0.373 e. The summed E-state index contributed by atoms with van der Waals surface area (Å²) < 4.78 is 41.9. The number of hydrogen-bond donors (Lipinski definition) is 4. The van der Waals surface area contributed by atoms with E-state index in [-0.39, 0.29) is 6.10 Å². The van der Waals surface area contributed by atoms with Gasteiger partial charge in [-0.05, 0) is 12.2 Å². The monoisotopic (exact) mass is 411 g/mol. The first-order chi connectivity index (χ1) is 13.6. The molecule has 0 aliphatic carbocycles. The summed E-state index contributed by atoms with van der Waals surface area (Å²) in [6, 6.07) is 1.80. The lowest BCUT2D eigenvalue weighted by atomic mass is 10.2. The summed E-state index contributed by atoms with van der Waals surface area (Å²) in [5, 5.41) is 7.13. The molecule has 2 aromatic heterocycles. The second kappa shape index (κ2) is 9.68. The molecule has 2 aromatic rings. The van der Waals surface area contributed by atoms with Crippen LogP contribution in [0.4, 0.5) is 14.6 Å². The maximum Gasteiger partial charge on any atom is 0.279 e. The van der Waals surface area contributed by atoms with E-state index in [0.717, 1.165) is 11.9 Å². The number of anilines is 1. The zero-order valence-electron chi connectivity index (χ0n) is 14.7. The minimum atomic E-state index is -2.82. The molecule has 0 bridgehead atoms. The van der Waals surface area contributed by atoms with E-state index in [1.54, 1.807) is 12.3 Å². The van der Waals surface area contributed by atoms with Crippen molar-refractivity contribution in [3.63, 3.8) is 0 Å². The Labute approximate surface area is 164 Å². The number of ether oxygens (including phenoxy) is 1. The second-order valence-electron chi connectivity index (χ2n) is 5.91. The maximum atomic E-state index is 12.4. The number of halogens is 2. The average Bonchev–Trinajstić information content (AvgIpc) is 3.20. The van der Waals surface area contributed by atoms with Crippen molar-refractivity contribution < 1.29 is 18.1 Å². The molecule has 12 heteroatoms. The van der Waals surface area contributed by atoms with Gasteiger partial charge >= 0.3 is 0 Å². The Morgan fingerprint density at radius 1 is 1.50 bits per heavy atom. The van der Waals surface area contributed by atoms with E-state index in [1.807, 2.05) is 0 Å². The van der Waals surface area contributed by atoms with Gasteiger partial charge < -0.3 is 19.2 Å². The number of hydrogen-bond acceptors (Lipinski definition) is 9. The summed E-state index contributed by atoms with van der Waals surface area (Å²) >= 11 is 0.556. The molecule has 3 heterocycles. The molecule has 1 unspecified atom stereocenters. The molecular formula is C16H19F2N7O2S. The molecule has 1 aliphatic rings. The third-order valence-corrected chi connectivity index (χ3v) is 4.31. The van der Waals surface area contributed by atoms with Crippen molar-refractivity contribution in [3.05, 3.63) is 30.5 Å². The van der Waals surface area contributed by atoms with Crippen molar-refractivity contribution in [2.24, 2.45) is 0 Å². The van der Waals surface area contributed by atoms with Crippen LogP contribution in [-0.4, -0.2) is 69.0 Å². The van der Waals surface area contributed by atoms with Gasteiger partial charge in [0.2, 0.25) is 0 Å². The summed E-state index contributed by atoms with van der Waals surface area (Å²) in [5.41, 5.74) is 0.432. The summed E-state index contributed by atoms with van der Waals surface area (Å²) in [4.78, 5) is 17.7. The molecule has 150 valence electrons. The van der Waals surface area contributed by atoms with Crippen LogP contribution in [0.1, 0.15) is 5.82 Å². The number of nitrogens with zero attached hydrogens (tertiary/aromatic N) is 4. The van der Waals surface area contributed by atoms with Crippen LogP contribution in [0.15, 0.2) is 24.7 Å². The first kappa shape index (κ1) is 20.3. The highest BCUT2D eigenvalue weighted by Gasteiger charge is 2.22. The fourth-order valence-corrected chi connectivity index (χ4v) is 2.90. The lowest BCUT2D eigenvalue weighted by Gasteiger charge is -2.33. The maximum absolute atomic E-state index is 12.4. The molecule has 3 rings (SSSR count). The molecule has 1 atom stereocenters. The van der Waals surface area contributed by atoms with Crippen LogP contribution in [0.5, 0.6) is 0 Å². The molecule has 0 radical (unpaired) electrons. The number of imidazole rings is 1. The van der Waals surface area contributed by atoms with Crippen molar-refractivity contribution in [2.75, 3.05) is 31.1 Å². The van der Waals surface area contributed by atoms with Crippen molar-refractivity contribution in [1.82, 2.24) is 24.7 Å². The van der Waals surface area contributed by atoms with Gasteiger partial charge in [0.15, 0.2) is 0 Å². The number of morpholine rings is 1. The smallest absolute Gasteiger partial charge is 0.279 e. The van der Waals surface area contributed by atoms with Gasteiger partial charge in [0.05, 0.1) is 48.2 Å². The van der Waals surface area contributed by atoms with Crippen LogP contribution in [0.3, 0.4) is 0 Å². The van der Waals surface area contributed by atoms with Crippen LogP contribution in [0, 0.1) is 5.41 Å². The Balaban J connectivity index is 1.70. The van der Waals surface area contributed by atoms with E-state index in [9.17, 15) is 8.78 Å². The van der Waals surface area contributed by atoms with Crippen LogP contribution < -0.4 is 9.62 Å². The lowest BCUT2D eigenvalue weighted by Crippen LogP contribution is -2.46. The van der Waals surface area contributed by atoms with E-state index in [4.69, 9.17) is 14.7 Å². The SMILES string of the molecule is N=C(/C=C\c1ncc(-c2cc(N3CCOC(CNSO)C3)ncn2)[nH]1)C(F)F. The standard InChI is InChI=1S/C16H19F2N7O2S/c17-16(18)11(19)1-2-14-20-7-13(24-14)12-5-15(22-9-21-12)25-3-4-27-10(8-25)6-23-28-26/h1-2,5,7,9-10,16,19,23,26H,3-4,6,8H2,(H,20,24)/b2-1-,19-11?. The largest absolute Gasteiger partial charge is 0.373 e. The van der Waals surface area contributed by atoms with Gasteiger partial charge in [0, 0.05) is 25.7 Å². The summed E-state index contributed by atoms with van der Waals surface area (Å²) in [6.45, 7) is 2.32. The predicted octanol–water partition coefficient (Wildman–Crippen LogP) is 2.08. The molecule has 1 aliphatic heterocycles. The van der Waals surface area contributed by atoms with E-state index < -0.39 is 12.1 Å². The van der Waals surface area contributed by atoms with Crippen molar-refractivity contribution >= 4 is 29.8 Å². The minimum absolute atomic E-state index is 0.0825. The van der Waals surface area contributed by atoms with Gasteiger partial charge in [-0.15, -0.1) is 0 Å². The number of H-pyrrole nitrogens is 1. The third kappa shape index (κ3) is 5.32. The Morgan fingerprint density at radius 3 is 3.14 bits per heavy atom. The number of nitrogens with one attached hydrogen (secondary N) is 3. The van der Waals surface area contributed by atoms with Crippen LogP contribution in [0.25, 0.3) is 17.5 Å². The highest BCUT2D eigenvalue weighted by molar-refractivity contribution is 7.91. The Kier molecular flexibility index (Phi) is 7.03. The van der Waals surface area contributed by atoms with Gasteiger partial charge in [0.1, 0.15) is 18.0 Å². The average molecular weight is 411 g/mol. The Hall–Kier alpha value is -2.41. The van der Waals surface area contributed by atoms with Crippen molar-refractivity contribution in [2.45, 2.75) is 12.5 Å². The number of alkyl halides is 2. The quantitative estimate of drug-likeness (QED) is 0.296. The first-order valence-corrected chi connectivity index (χ1v) is 9.16. The molecule has 0 saturated carbocycles. The Morgan fingerprint density at radius 2 is 2.36 bits per heavy atom. The Bertz CT molecular complexity index is 833. The lowest BCUT2D eigenvalue weighted by molar-refractivity contribution is 0.0442. The zero-order chi connectivity index (χ0) is 19.9. The van der Waals surface area contributed by atoms with Gasteiger partial charge in [-0.1, -0.05) is 0 Å². The number of aromatic nitrogens is 4. The normalized spacial score (nSPS) is 17.6. The molecular weight excluding hydrogens is 392 g/mol. The number of allylic oxidation sites excluding steroid dienone is 1. The van der Waals surface area contributed by atoms with Gasteiger partial charge in [0.25, 0.3) is 6.43 Å². The first-order valence-electron chi connectivity index (χ1n) is 8.38. The van der Waals surface area contributed by atoms with E-state index in [1.165, 1.54) is 12.4 Å². The van der Waals surface area contributed by atoms with Crippen LogP contribution in [0.2, 0.25) is 0 Å². The topological polar surface area (TPSA) is 123 Å². The molecule has 9 nitrogen and oxygen atoms in total. The number of aromatic amines is 1. The molecule has 0 amide bonds. The van der Waals surface area contributed by atoms with Gasteiger partial charge in [-0.2, -0.15) is 0 Å². The summed E-state index contributed by atoms with van der Waals surface area (Å²) in [6.07, 6.45) is 2.41.